The molecule has 1 aliphatic heterocycles. The number of hydrogen-bond acceptors (Lipinski definition) is 6. The van der Waals surface area contributed by atoms with E-state index in [1.54, 1.807) is 14.2 Å². The molecule has 2 rings (SSSR count). The third-order valence-electron chi connectivity index (χ3n) is 4.81. The van der Waals surface area contributed by atoms with Gasteiger partial charge in [-0.25, -0.2) is 0 Å². The topological polar surface area (TPSA) is 68.3 Å². The third kappa shape index (κ3) is 5.88. The number of carbonyl (C=O) groups is 2. The molecule has 0 atom stereocenters. The van der Waals surface area contributed by atoms with E-state index in [1.807, 2.05) is 43.0 Å². The van der Waals surface area contributed by atoms with Crippen molar-refractivity contribution in [1.29, 1.82) is 0 Å². The molecule has 2 amide bonds. The zero-order valence-electron chi connectivity index (χ0n) is 17.9. The summed E-state index contributed by atoms with van der Waals surface area (Å²) in [5.41, 5.74) is 2.70. The van der Waals surface area contributed by atoms with Crippen LogP contribution in [0.3, 0.4) is 0 Å². The van der Waals surface area contributed by atoms with Crippen molar-refractivity contribution in [3.63, 3.8) is 0 Å². The molecule has 7 heteroatoms. The van der Waals surface area contributed by atoms with Gasteiger partial charge in [-0.2, -0.15) is 0 Å². The minimum Gasteiger partial charge on any atom is -0.383 e. The SMILES string of the molecule is CCOCCCN1C(=O)C(c2ccc(C)cc2)=C(N(CCOC)CCOC)C1=O. The number of nitrogens with zero attached hydrogens (tertiary/aromatic N) is 2. The molecule has 0 radical (unpaired) electrons. The summed E-state index contributed by atoms with van der Waals surface area (Å²) in [7, 11) is 3.23. The lowest BCUT2D eigenvalue weighted by Crippen LogP contribution is -2.38. The predicted molar refractivity (Wildman–Crippen MR) is 111 cm³/mol. The molecule has 7 nitrogen and oxygen atoms in total. The van der Waals surface area contributed by atoms with E-state index in [4.69, 9.17) is 14.2 Å². The van der Waals surface area contributed by atoms with Crippen LogP contribution in [0, 0.1) is 6.92 Å². The molecule has 0 saturated carbocycles. The van der Waals surface area contributed by atoms with Crippen LogP contribution in [0.25, 0.3) is 5.57 Å². The van der Waals surface area contributed by atoms with Gasteiger partial charge < -0.3 is 19.1 Å². The molecule has 0 aliphatic carbocycles. The molecule has 0 N–H and O–H groups in total. The van der Waals surface area contributed by atoms with Gasteiger partial charge >= 0.3 is 0 Å². The first-order chi connectivity index (χ1) is 14.0. The number of benzene rings is 1. The summed E-state index contributed by atoms with van der Waals surface area (Å²) in [5.74, 6) is -0.528. The lowest BCUT2D eigenvalue weighted by atomic mass is 10.0. The Morgan fingerprint density at radius 2 is 1.55 bits per heavy atom. The van der Waals surface area contributed by atoms with Crippen LogP contribution in [0.5, 0.6) is 0 Å². The predicted octanol–water partition coefficient (Wildman–Crippen LogP) is 2.10. The summed E-state index contributed by atoms with van der Waals surface area (Å²) in [4.78, 5) is 29.7. The van der Waals surface area contributed by atoms with Crippen molar-refractivity contribution in [1.82, 2.24) is 9.80 Å². The van der Waals surface area contributed by atoms with Gasteiger partial charge in [0.15, 0.2) is 0 Å². The van der Waals surface area contributed by atoms with E-state index >= 15 is 0 Å². The van der Waals surface area contributed by atoms with Gasteiger partial charge in [0.1, 0.15) is 5.70 Å². The summed E-state index contributed by atoms with van der Waals surface area (Å²) in [6, 6.07) is 7.68. The van der Waals surface area contributed by atoms with E-state index < -0.39 is 0 Å². The van der Waals surface area contributed by atoms with E-state index in [9.17, 15) is 9.59 Å². The van der Waals surface area contributed by atoms with Crippen molar-refractivity contribution in [2.45, 2.75) is 20.3 Å². The Morgan fingerprint density at radius 3 is 2.10 bits per heavy atom. The number of amides is 2. The van der Waals surface area contributed by atoms with Crippen molar-refractivity contribution in [2.75, 3.05) is 60.3 Å². The highest BCUT2D eigenvalue weighted by atomic mass is 16.5. The molecule has 1 aliphatic rings. The van der Waals surface area contributed by atoms with Crippen LogP contribution in [0.1, 0.15) is 24.5 Å². The van der Waals surface area contributed by atoms with Gasteiger partial charge in [-0.3, -0.25) is 14.5 Å². The molecular formula is C22H32N2O5. The van der Waals surface area contributed by atoms with Crippen molar-refractivity contribution in [3.05, 3.63) is 41.1 Å². The Hall–Kier alpha value is -2.22. The van der Waals surface area contributed by atoms with Crippen LogP contribution in [-0.2, 0) is 23.8 Å². The monoisotopic (exact) mass is 404 g/mol. The zero-order valence-corrected chi connectivity index (χ0v) is 17.9. The lowest BCUT2D eigenvalue weighted by molar-refractivity contribution is -0.137. The molecule has 1 aromatic rings. The van der Waals surface area contributed by atoms with Crippen molar-refractivity contribution in [3.8, 4) is 0 Å². The molecular weight excluding hydrogens is 372 g/mol. The number of rotatable bonds is 13. The first-order valence-corrected chi connectivity index (χ1v) is 10.0. The Kier molecular flexibility index (Phi) is 9.31. The summed E-state index contributed by atoms with van der Waals surface area (Å²) in [6.07, 6.45) is 0.607. The zero-order chi connectivity index (χ0) is 21.2. The smallest absolute Gasteiger partial charge is 0.277 e. The minimum atomic E-state index is -0.269. The van der Waals surface area contributed by atoms with Crippen LogP contribution in [-0.4, -0.2) is 81.9 Å². The van der Waals surface area contributed by atoms with Gasteiger partial charge in [0.05, 0.1) is 18.8 Å². The third-order valence-corrected chi connectivity index (χ3v) is 4.81. The molecule has 0 unspecified atom stereocenters. The fourth-order valence-corrected chi connectivity index (χ4v) is 3.25. The fourth-order valence-electron chi connectivity index (χ4n) is 3.25. The second-order valence-corrected chi connectivity index (χ2v) is 6.87. The summed E-state index contributed by atoms with van der Waals surface area (Å²) in [6.45, 7) is 7.25. The van der Waals surface area contributed by atoms with Gasteiger partial charge in [0, 0.05) is 47.1 Å². The first-order valence-electron chi connectivity index (χ1n) is 10.0. The van der Waals surface area contributed by atoms with Gasteiger partial charge in [-0.15, -0.1) is 0 Å². The van der Waals surface area contributed by atoms with E-state index in [-0.39, 0.29) is 11.8 Å². The second-order valence-electron chi connectivity index (χ2n) is 6.87. The first kappa shape index (κ1) is 23.1. The molecule has 0 spiro atoms. The molecule has 29 heavy (non-hydrogen) atoms. The molecule has 0 fully saturated rings. The molecule has 0 aromatic heterocycles. The maximum Gasteiger partial charge on any atom is 0.277 e. The number of imide groups is 1. The average Bonchev–Trinajstić information content (AvgIpc) is 2.96. The van der Waals surface area contributed by atoms with Gasteiger partial charge in [0.25, 0.3) is 11.8 Å². The summed E-state index contributed by atoms with van der Waals surface area (Å²) in [5, 5.41) is 0. The fraction of sp³-hybridized carbons (Fsp3) is 0.545. The maximum absolute atomic E-state index is 13.3. The quantitative estimate of drug-likeness (QED) is 0.370. The standard InChI is InChI=1S/C22H32N2O5/c1-5-29-14-6-11-24-21(25)19(18-9-7-17(2)8-10-18)20(22(24)26)23(12-15-27-3)13-16-28-4/h7-10H,5-6,11-16H2,1-4H3. The Labute approximate surface area is 173 Å². The minimum absolute atomic E-state index is 0.259. The van der Waals surface area contributed by atoms with Crippen molar-refractivity contribution < 1.29 is 23.8 Å². The molecule has 0 bridgehead atoms. The van der Waals surface area contributed by atoms with Gasteiger partial charge in [-0.1, -0.05) is 29.8 Å². The summed E-state index contributed by atoms with van der Waals surface area (Å²) < 4.78 is 15.8. The van der Waals surface area contributed by atoms with Crippen LogP contribution in [0.2, 0.25) is 0 Å². The summed E-state index contributed by atoms with van der Waals surface area (Å²) >= 11 is 0. The maximum atomic E-state index is 13.3. The highest BCUT2D eigenvalue weighted by molar-refractivity contribution is 6.35. The highest BCUT2D eigenvalue weighted by Gasteiger charge is 2.41. The van der Waals surface area contributed by atoms with Gasteiger partial charge in [-0.05, 0) is 25.8 Å². The van der Waals surface area contributed by atoms with E-state index in [1.165, 1.54) is 4.90 Å². The van der Waals surface area contributed by atoms with Crippen LogP contribution in [0.15, 0.2) is 30.0 Å². The number of hydrogen-bond donors (Lipinski definition) is 0. The molecule has 160 valence electrons. The largest absolute Gasteiger partial charge is 0.383 e. The Morgan fingerprint density at radius 1 is 0.931 bits per heavy atom. The van der Waals surface area contributed by atoms with Crippen molar-refractivity contribution >= 4 is 17.4 Å². The van der Waals surface area contributed by atoms with Crippen LogP contribution in [0.4, 0.5) is 0 Å². The van der Waals surface area contributed by atoms with Crippen molar-refractivity contribution in [2.24, 2.45) is 0 Å². The highest BCUT2D eigenvalue weighted by Crippen LogP contribution is 2.32. The lowest BCUT2D eigenvalue weighted by Gasteiger charge is -2.25. The Balaban J connectivity index is 2.39. The number of aryl methyl sites for hydroxylation is 1. The number of carbonyl (C=O) groups excluding carboxylic acids is 2. The second kappa shape index (κ2) is 11.7. The normalized spacial score (nSPS) is 14.3. The molecule has 1 heterocycles. The van der Waals surface area contributed by atoms with Gasteiger partial charge in [0.2, 0.25) is 0 Å². The van der Waals surface area contributed by atoms with E-state index in [0.717, 1.165) is 11.1 Å². The molecule has 0 saturated heterocycles. The number of methoxy groups -OCH3 is 2. The van der Waals surface area contributed by atoms with Crippen LogP contribution >= 0.6 is 0 Å². The van der Waals surface area contributed by atoms with E-state index in [0.29, 0.717) is 63.8 Å². The number of ether oxygens (including phenoxy) is 3. The van der Waals surface area contributed by atoms with Crippen LogP contribution < -0.4 is 0 Å². The van der Waals surface area contributed by atoms with E-state index in [2.05, 4.69) is 0 Å². The average molecular weight is 405 g/mol. The molecule has 1 aromatic carbocycles. The Bertz CT molecular complexity index is 706.